The molecule has 1 atom stereocenters. The van der Waals surface area contributed by atoms with Gasteiger partial charge in [0.1, 0.15) is 32.3 Å². The van der Waals surface area contributed by atoms with Crippen molar-refractivity contribution < 1.29 is 23.7 Å². The lowest BCUT2D eigenvalue weighted by molar-refractivity contribution is -0.138. The number of ether oxygens (including phenoxy) is 4. The highest BCUT2D eigenvalue weighted by molar-refractivity contribution is 5.78. The van der Waals surface area contributed by atoms with Gasteiger partial charge in [0, 0.05) is 6.54 Å². The number of aromatic nitrogens is 3. The summed E-state index contributed by atoms with van der Waals surface area (Å²) >= 11 is 0. The van der Waals surface area contributed by atoms with Gasteiger partial charge in [0.25, 0.3) is 0 Å². The maximum absolute atomic E-state index is 11.8. The Bertz CT molecular complexity index is 675. The molecule has 1 amide bonds. The largest absolute Gasteiger partial charge is 0.460 e. The number of hydrogen-bond donors (Lipinski definition) is 0. The van der Waals surface area contributed by atoms with Crippen molar-refractivity contribution in [3.63, 3.8) is 0 Å². The number of carbonyl (C=O) groups is 1. The molecular formula is C17H21N5O5. The summed E-state index contributed by atoms with van der Waals surface area (Å²) in [6, 6.07) is 1.93. The molecule has 27 heavy (non-hydrogen) atoms. The van der Waals surface area contributed by atoms with Crippen LogP contribution in [0.15, 0.2) is 25.3 Å². The maximum Gasteiger partial charge on any atom is 0.326 e. The van der Waals surface area contributed by atoms with E-state index < -0.39 is 0 Å². The van der Waals surface area contributed by atoms with Crippen LogP contribution in [0, 0.1) is 11.3 Å². The lowest BCUT2D eigenvalue weighted by atomic mass is 10.2. The Hall–Kier alpha value is -3.19. The number of nitriles is 1. The van der Waals surface area contributed by atoms with Crippen LogP contribution < -0.4 is 14.2 Å². The molecule has 1 saturated heterocycles. The van der Waals surface area contributed by atoms with Gasteiger partial charge in [-0.2, -0.15) is 5.26 Å². The summed E-state index contributed by atoms with van der Waals surface area (Å²) in [7, 11) is 0. The molecular weight excluding hydrogens is 354 g/mol. The number of rotatable bonds is 10. The first-order valence-corrected chi connectivity index (χ1v) is 8.28. The molecule has 0 N–H and O–H groups in total. The van der Waals surface area contributed by atoms with Crippen molar-refractivity contribution in [3.05, 3.63) is 25.3 Å². The summed E-state index contributed by atoms with van der Waals surface area (Å²) in [6.07, 6.45) is 2.58. The minimum absolute atomic E-state index is 0.00667. The summed E-state index contributed by atoms with van der Waals surface area (Å²) in [6.45, 7) is 8.80. The van der Waals surface area contributed by atoms with Crippen LogP contribution in [-0.4, -0.2) is 71.4 Å². The minimum atomic E-state index is -0.367. The maximum atomic E-state index is 11.8. The van der Waals surface area contributed by atoms with E-state index in [4.69, 9.17) is 24.2 Å². The van der Waals surface area contributed by atoms with E-state index in [0.29, 0.717) is 19.7 Å². The SMILES string of the molecule is C=CCOc1nc(OCC=C)nc(OCC2CN(C(=O)CC#N)CCO2)n1. The fourth-order valence-corrected chi connectivity index (χ4v) is 2.17. The fourth-order valence-electron chi connectivity index (χ4n) is 2.17. The van der Waals surface area contributed by atoms with Crippen molar-refractivity contribution in [3.8, 4) is 24.1 Å². The van der Waals surface area contributed by atoms with Crippen molar-refractivity contribution in [2.24, 2.45) is 0 Å². The second-order valence-electron chi connectivity index (χ2n) is 5.36. The molecule has 2 heterocycles. The molecule has 144 valence electrons. The second kappa shape index (κ2) is 10.7. The van der Waals surface area contributed by atoms with E-state index in [1.165, 1.54) is 0 Å². The van der Waals surface area contributed by atoms with Crippen LogP contribution in [0.5, 0.6) is 18.0 Å². The second-order valence-corrected chi connectivity index (χ2v) is 5.36. The van der Waals surface area contributed by atoms with Gasteiger partial charge in [-0.1, -0.05) is 25.3 Å². The highest BCUT2D eigenvalue weighted by Gasteiger charge is 2.25. The molecule has 1 aliphatic heterocycles. The topological polar surface area (TPSA) is 120 Å². The molecule has 1 fully saturated rings. The molecule has 10 nitrogen and oxygen atoms in total. The smallest absolute Gasteiger partial charge is 0.326 e. The van der Waals surface area contributed by atoms with E-state index in [2.05, 4.69) is 28.1 Å². The van der Waals surface area contributed by atoms with Crippen molar-refractivity contribution in [2.45, 2.75) is 12.5 Å². The standard InChI is InChI=1S/C17H21N5O5/c1-3-8-25-15-19-16(26-9-4-2)21-17(20-15)27-12-13-11-22(7-10-24-13)14(23)5-6-18/h3-4,13H,1-2,5,7-12H2. The lowest BCUT2D eigenvalue weighted by Crippen LogP contribution is -2.47. The van der Waals surface area contributed by atoms with E-state index in [-0.39, 0.29) is 56.3 Å². The zero-order chi connectivity index (χ0) is 19.5. The van der Waals surface area contributed by atoms with E-state index >= 15 is 0 Å². The van der Waals surface area contributed by atoms with Gasteiger partial charge in [0.15, 0.2) is 0 Å². The highest BCUT2D eigenvalue weighted by atomic mass is 16.6. The van der Waals surface area contributed by atoms with Gasteiger partial charge in [-0.15, -0.1) is 15.0 Å². The van der Waals surface area contributed by atoms with Gasteiger partial charge in [-0.05, 0) is 0 Å². The monoisotopic (exact) mass is 375 g/mol. The zero-order valence-corrected chi connectivity index (χ0v) is 14.9. The van der Waals surface area contributed by atoms with Crippen LogP contribution in [0.2, 0.25) is 0 Å². The highest BCUT2D eigenvalue weighted by Crippen LogP contribution is 2.16. The molecule has 1 aromatic heterocycles. The third kappa shape index (κ3) is 6.56. The van der Waals surface area contributed by atoms with Crippen molar-refractivity contribution >= 4 is 5.91 Å². The Labute approximate surface area is 157 Å². The third-order valence-electron chi connectivity index (χ3n) is 3.35. The van der Waals surface area contributed by atoms with Crippen LogP contribution in [0.3, 0.4) is 0 Å². The van der Waals surface area contributed by atoms with Crippen LogP contribution in [0.4, 0.5) is 0 Å². The summed E-state index contributed by atoms with van der Waals surface area (Å²) in [5.41, 5.74) is 0. The summed E-state index contributed by atoms with van der Waals surface area (Å²) in [4.78, 5) is 25.5. The molecule has 0 saturated carbocycles. The van der Waals surface area contributed by atoms with Gasteiger partial charge in [-0.3, -0.25) is 4.79 Å². The predicted octanol–water partition coefficient (Wildman–Crippen LogP) is 0.521. The third-order valence-corrected chi connectivity index (χ3v) is 3.35. The number of morpholine rings is 1. The number of amides is 1. The number of hydrogen-bond acceptors (Lipinski definition) is 9. The average molecular weight is 375 g/mol. The van der Waals surface area contributed by atoms with Gasteiger partial charge >= 0.3 is 18.0 Å². The van der Waals surface area contributed by atoms with E-state index in [9.17, 15) is 4.79 Å². The molecule has 0 aliphatic carbocycles. The zero-order valence-electron chi connectivity index (χ0n) is 14.9. The average Bonchev–Trinajstić information content (AvgIpc) is 2.69. The predicted molar refractivity (Wildman–Crippen MR) is 93.3 cm³/mol. The molecule has 2 rings (SSSR count). The fraction of sp³-hybridized carbons (Fsp3) is 0.471. The lowest BCUT2D eigenvalue weighted by Gasteiger charge is -2.32. The van der Waals surface area contributed by atoms with E-state index in [1.54, 1.807) is 17.1 Å². The molecule has 0 bridgehead atoms. The van der Waals surface area contributed by atoms with Crippen LogP contribution in [-0.2, 0) is 9.53 Å². The Balaban J connectivity index is 1.98. The first kappa shape index (κ1) is 20.1. The number of carbonyl (C=O) groups excluding carboxylic acids is 1. The van der Waals surface area contributed by atoms with E-state index in [0.717, 1.165) is 0 Å². The molecule has 1 aromatic rings. The molecule has 0 spiro atoms. The molecule has 0 aromatic carbocycles. The first-order chi connectivity index (χ1) is 13.2. The summed E-state index contributed by atoms with van der Waals surface area (Å²) < 4.78 is 21.8. The van der Waals surface area contributed by atoms with Gasteiger partial charge in [0.2, 0.25) is 5.91 Å². The Morgan fingerprint density at radius 2 is 1.78 bits per heavy atom. The van der Waals surface area contributed by atoms with E-state index in [1.807, 2.05) is 6.07 Å². The molecule has 10 heteroatoms. The summed E-state index contributed by atoms with van der Waals surface area (Å²) in [5.74, 6) is -0.230. The Morgan fingerprint density at radius 1 is 1.19 bits per heavy atom. The minimum Gasteiger partial charge on any atom is -0.460 e. The van der Waals surface area contributed by atoms with Crippen molar-refractivity contribution in [1.29, 1.82) is 5.26 Å². The van der Waals surface area contributed by atoms with Gasteiger partial charge in [0.05, 0.1) is 19.2 Å². The van der Waals surface area contributed by atoms with Crippen LogP contribution >= 0.6 is 0 Å². The quantitative estimate of drug-likeness (QED) is 0.539. The summed E-state index contributed by atoms with van der Waals surface area (Å²) in [5, 5.41) is 8.65. The number of nitrogens with zero attached hydrogens (tertiary/aromatic N) is 5. The van der Waals surface area contributed by atoms with Crippen molar-refractivity contribution in [1.82, 2.24) is 19.9 Å². The van der Waals surface area contributed by atoms with Gasteiger partial charge < -0.3 is 23.8 Å². The van der Waals surface area contributed by atoms with Gasteiger partial charge in [-0.25, -0.2) is 0 Å². The van der Waals surface area contributed by atoms with Crippen molar-refractivity contribution in [2.75, 3.05) is 39.5 Å². The molecule has 0 radical (unpaired) electrons. The first-order valence-electron chi connectivity index (χ1n) is 8.28. The Kier molecular flexibility index (Phi) is 7.99. The van der Waals surface area contributed by atoms with Crippen LogP contribution in [0.25, 0.3) is 0 Å². The molecule has 1 aliphatic rings. The Morgan fingerprint density at radius 3 is 2.33 bits per heavy atom. The van der Waals surface area contributed by atoms with Crippen LogP contribution in [0.1, 0.15) is 6.42 Å². The molecule has 1 unspecified atom stereocenters. The normalized spacial score (nSPS) is 16.1.